The Hall–Kier alpha value is -4.58. The Bertz CT molecular complexity index is 1690. The Morgan fingerprint density at radius 2 is 1.18 bits per heavy atom. The molecule has 0 spiro atoms. The summed E-state index contributed by atoms with van der Waals surface area (Å²) in [6.07, 6.45) is 2.50. The van der Waals surface area contributed by atoms with Gasteiger partial charge in [0, 0.05) is 64.4 Å². The highest BCUT2D eigenvalue weighted by molar-refractivity contribution is 8.00. The zero-order valence-corrected chi connectivity index (χ0v) is 44.0. The number of carbonyl (C=O) groups excluding carboxylic acids is 9. The molecule has 0 aromatic carbocycles. The van der Waals surface area contributed by atoms with Crippen molar-refractivity contribution in [2.75, 3.05) is 157 Å². The van der Waals surface area contributed by atoms with Gasteiger partial charge in [0.15, 0.2) is 0 Å². The van der Waals surface area contributed by atoms with E-state index in [2.05, 4.69) is 26.6 Å². The number of likely N-dealkylation sites (tertiary alicyclic amines) is 2. The number of imide groups is 1. The summed E-state index contributed by atoms with van der Waals surface area (Å²) in [4.78, 5) is 114. The molecule has 2 heterocycles. The molecule has 8 N–H and O–H groups in total. The molecule has 4 atom stereocenters. The van der Waals surface area contributed by atoms with Gasteiger partial charge in [-0.2, -0.15) is 0 Å². The Balaban J connectivity index is 1.38. The maximum atomic E-state index is 12.8. The van der Waals surface area contributed by atoms with Crippen LogP contribution in [0.2, 0.25) is 0 Å². The average molecular weight is 1080 g/mol. The lowest BCUT2D eigenvalue weighted by atomic mass is 9.98. The average Bonchev–Trinajstić information content (AvgIpc) is 3.98. The molecule has 27 heteroatoms. The fourth-order valence-electron chi connectivity index (χ4n) is 7.04. The topological polar surface area (TPSA) is 340 Å². The van der Waals surface area contributed by atoms with Crippen LogP contribution in [0.15, 0.2) is 0 Å². The smallest absolute Gasteiger partial charge is 0.243 e. The molecule has 1 unspecified atom stereocenters. The third-order valence-electron chi connectivity index (χ3n) is 11.3. The molecule has 0 bridgehead atoms. The van der Waals surface area contributed by atoms with Crippen LogP contribution < -0.4 is 32.3 Å². The van der Waals surface area contributed by atoms with Crippen LogP contribution in [0, 0.1) is 5.92 Å². The number of primary amides is 1. The normalized spacial score (nSPS) is 16.3. The van der Waals surface area contributed by atoms with Crippen LogP contribution in [0.25, 0.3) is 0 Å². The van der Waals surface area contributed by atoms with Gasteiger partial charge in [-0.15, -0.1) is 11.8 Å². The molecule has 424 valence electrons. The molecule has 2 saturated heterocycles. The van der Waals surface area contributed by atoms with Crippen LogP contribution in [0.3, 0.4) is 0 Å². The van der Waals surface area contributed by atoms with Crippen molar-refractivity contribution in [2.24, 2.45) is 11.7 Å². The Labute approximate surface area is 437 Å². The highest BCUT2D eigenvalue weighted by Crippen LogP contribution is 2.26. The monoisotopic (exact) mass is 1080 g/mol. The number of nitrogens with two attached hydrogens (primary N) is 1. The number of nitrogens with zero attached hydrogens (tertiary/aromatic N) is 2. The van der Waals surface area contributed by atoms with Crippen molar-refractivity contribution in [3.8, 4) is 0 Å². The molecular weight excluding hydrogens is 997 g/mol. The molecule has 0 aliphatic carbocycles. The van der Waals surface area contributed by atoms with Crippen molar-refractivity contribution in [3.63, 3.8) is 0 Å². The van der Waals surface area contributed by atoms with Crippen molar-refractivity contribution in [1.29, 1.82) is 0 Å². The van der Waals surface area contributed by atoms with E-state index >= 15 is 0 Å². The van der Waals surface area contributed by atoms with Gasteiger partial charge < -0.3 is 80.2 Å². The zero-order valence-electron chi connectivity index (χ0n) is 43.2. The second-order valence-electron chi connectivity index (χ2n) is 16.9. The Morgan fingerprint density at radius 1 is 0.662 bits per heavy atom. The predicted octanol–water partition coefficient (Wildman–Crippen LogP) is -3.00. The van der Waals surface area contributed by atoms with Crippen molar-refractivity contribution >= 4 is 64.9 Å². The molecule has 26 nitrogen and oxygen atoms in total. The fourth-order valence-corrected chi connectivity index (χ4v) is 8.16. The number of carbonyl (C=O) groups is 9. The lowest BCUT2D eigenvalue weighted by Gasteiger charge is -2.24. The zero-order chi connectivity index (χ0) is 54.2. The van der Waals surface area contributed by atoms with Crippen LogP contribution in [0.1, 0.15) is 65.2 Å². The van der Waals surface area contributed by atoms with E-state index in [0.29, 0.717) is 111 Å². The molecule has 0 radical (unpaired) electrons. The van der Waals surface area contributed by atoms with E-state index < -0.39 is 54.1 Å². The molecule has 2 aliphatic rings. The van der Waals surface area contributed by atoms with Gasteiger partial charge in [0.05, 0.1) is 124 Å². The number of amides is 9. The third-order valence-corrected chi connectivity index (χ3v) is 12.5. The summed E-state index contributed by atoms with van der Waals surface area (Å²) >= 11 is 1.24. The quantitative estimate of drug-likeness (QED) is 0.0236. The van der Waals surface area contributed by atoms with E-state index in [4.69, 9.17) is 48.7 Å². The van der Waals surface area contributed by atoms with E-state index in [1.807, 2.05) is 6.92 Å². The van der Waals surface area contributed by atoms with E-state index in [0.717, 1.165) is 4.90 Å². The summed E-state index contributed by atoms with van der Waals surface area (Å²) in [5.41, 5.74) is 5.36. The number of aliphatic hydroxyl groups is 1. The minimum absolute atomic E-state index is 0.0177. The van der Waals surface area contributed by atoms with Crippen LogP contribution in [-0.4, -0.2) is 243 Å². The van der Waals surface area contributed by atoms with Crippen LogP contribution >= 0.6 is 11.8 Å². The van der Waals surface area contributed by atoms with Gasteiger partial charge in [-0.3, -0.25) is 48.1 Å². The molecule has 9 amide bonds. The molecule has 2 fully saturated rings. The number of thioether (sulfide) groups is 1. The van der Waals surface area contributed by atoms with Gasteiger partial charge in [-0.05, 0) is 25.2 Å². The molecule has 0 saturated carbocycles. The molecule has 0 aromatic heterocycles. The summed E-state index contributed by atoms with van der Waals surface area (Å²) in [5.74, 6) is -3.67. The van der Waals surface area contributed by atoms with Crippen LogP contribution in [0.4, 0.5) is 0 Å². The first-order chi connectivity index (χ1) is 35.8. The van der Waals surface area contributed by atoms with Crippen molar-refractivity contribution in [2.45, 2.75) is 82.5 Å². The van der Waals surface area contributed by atoms with Crippen molar-refractivity contribution in [1.82, 2.24) is 36.4 Å². The SMILES string of the molecule is CC[C@@H](C)[C@@H](NC(=O)CNC(=O)CNC(=O)[C@@H]1CCCN1C(=O)CCOCCOCCOCCOCCNC(=O)CCSC1CC(=O)N(CCC(=O)NCCOCCOCCOCCOCCCO)C1=O)C(N)=O. The van der Waals surface area contributed by atoms with Gasteiger partial charge in [0.2, 0.25) is 53.2 Å². The Kier molecular flexibility index (Phi) is 36.9. The molecule has 74 heavy (non-hydrogen) atoms. The fraction of sp³-hybridized carbons (Fsp3) is 0.809. The standard InChI is InChI=1S/C47H82N8O18S/c1-3-35(2)44(45(48)63)53-41(60)34-51-40(59)33-52-46(64)36-6-4-12-54(36)42(61)8-16-67-20-24-71-28-30-73-26-22-69-18-11-50-39(58)9-31-74-37-32-43(62)55(47(37)65)13-7-38(57)49-10-17-68-21-25-72-29-27-70-23-19-66-15-5-14-56/h35-37,44,56H,3-34H2,1-2H3,(H2,48,63)(H,49,57)(H,50,58)(H,51,59)(H,52,64)(H,53,60)/t35-,36+,37?,44-/m1/s1. The second kappa shape index (κ2) is 41.6. The number of hydrogen-bond donors (Lipinski definition) is 7. The summed E-state index contributed by atoms with van der Waals surface area (Å²) in [7, 11) is 0. The number of nitrogens with one attached hydrogen (secondary N) is 5. The first-order valence-corrected chi connectivity index (χ1v) is 26.5. The van der Waals surface area contributed by atoms with Crippen molar-refractivity contribution < 1.29 is 86.2 Å². The number of aliphatic hydroxyl groups excluding tert-OH is 1. The van der Waals surface area contributed by atoms with Gasteiger partial charge in [0.1, 0.15) is 12.1 Å². The maximum Gasteiger partial charge on any atom is 0.243 e. The Morgan fingerprint density at radius 3 is 1.72 bits per heavy atom. The maximum absolute atomic E-state index is 12.8. The minimum Gasteiger partial charge on any atom is -0.396 e. The molecule has 2 rings (SSSR count). The minimum atomic E-state index is -0.865. The van der Waals surface area contributed by atoms with E-state index in [1.54, 1.807) is 6.92 Å². The molecular formula is C47H82N8O18S. The van der Waals surface area contributed by atoms with E-state index in [-0.39, 0.29) is 120 Å². The second-order valence-corrected chi connectivity index (χ2v) is 18.3. The third kappa shape index (κ3) is 30.1. The summed E-state index contributed by atoms with van der Waals surface area (Å²) in [6.45, 7) is 9.31. The highest BCUT2D eigenvalue weighted by atomic mass is 32.2. The predicted molar refractivity (Wildman–Crippen MR) is 267 cm³/mol. The highest BCUT2D eigenvalue weighted by Gasteiger charge is 2.39. The first kappa shape index (κ1) is 65.5. The van der Waals surface area contributed by atoms with Gasteiger partial charge in [-0.25, -0.2) is 0 Å². The first-order valence-electron chi connectivity index (χ1n) is 25.4. The summed E-state index contributed by atoms with van der Waals surface area (Å²) in [5, 5.41) is 21.0. The van der Waals surface area contributed by atoms with E-state index in [9.17, 15) is 43.2 Å². The van der Waals surface area contributed by atoms with Crippen molar-refractivity contribution in [3.05, 3.63) is 0 Å². The van der Waals surface area contributed by atoms with Crippen LogP contribution in [0.5, 0.6) is 0 Å². The van der Waals surface area contributed by atoms with Gasteiger partial charge in [-0.1, -0.05) is 20.3 Å². The lowest BCUT2D eigenvalue weighted by molar-refractivity contribution is -0.139. The van der Waals surface area contributed by atoms with Crippen LogP contribution in [-0.2, 0) is 81.0 Å². The largest absolute Gasteiger partial charge is 0.396 e. The number of ether oxygens (including phenoxy) is 8. The number of rotatable bonds is 46. The summed E-state index contributed by atoms with van der Waals surface area (Å²) < 4.78 is 43.5. The lowest BCUT2D eigenvalue weighted by Crippen LogP contribution is -2.52. The number of hydrogen-bond acceptors (Lipinski definition) is 19. The summed E-state index contributed by atoms with van der Waals surface area (Å²) in [6, 6.07) is -1.59. The van der Waals surface area contributed by atoms with E-state index in [1.165, 1.54) is 16.7 Å². The molecule has 2 aliphatic heterocycles. The molecule has 0 aromatic rings. The van der Waals surface area contributed by atoms with Gasteiger partial charge >= 0.3 is 0 Å². The van der Waals surface area contributed by atoms with Gasteiger partial charge in [0.25, 0.3) is 0 Å².